The maximum Gasteiger partial charge on any atom is 0.313 e. The van der Waals surface area contributed by atoms with Crippen molar-refractivity contribution < 1.29 is 9.90 Å². The van der Waals surface area contributed by atoms with E-state index in [9.17, 15) is 4.79 Å². The lowest BCUT2D eigenvalue weighted by Crippen LogP contribution is -2.28. The van der Waals surface area contributed by atoms with E-state index >= 15 is 0 Å². The van der Waals surface area contributed by atoms with Gasteiger partial charge in [-0.05, 0) is 25.5 Å². The first-order valence-corrected chi connectivity index (χ1v) is 5.33. The molecule has 1 N–H and O–H groups in total. The van der Waals surface area contributed by atoms with Crippen LogP contribution in [0.15, 0.2) is 17.8 Å². The van der Waals surface area contributed by atoms with Gasteiger partial charge < -0.3 is 5.11 Å². The highest BCUT2D eigenvalue weighted by molar-refractivity contribution is 7.16. The molecule has 0 aliphatic heterocycles. The number of rotatable bonds is 2. The molecule has 2 rings (SSSR count). The molecule has 5 heteroatoms. The molecule has 78 valence electrons. The topological polar surface area (TPSA) is 63.1 Å². The molecule has 2 heterocycles. The molecule has 0 unspecified atom stereocenters. The highest BCUT2D eigenvalue weighted by Crippen LogP contribution is 2.26. The monoisotopic (exact) mass is 222 g/mol. The number of hydrogen-bond donors (Lipinski definition) is 1. The molecule has 0 saturated carbocycles. The number of aliphatic carboxylic acids is 1. The second-order valence-electron chi connectivity index (χ2n) is 3.83. The number of fused-ring (bicyclic) bond motifs is 1. The standard InChI is InChI=1S/C10H10N2O2S/c1-10(2,9(13)14)6-3-7-8(11-4-6)12-5-15-7/h3-5H,1-2H3,(H,13,14). The highest BCUT2D eigenvalue weighted by Gasteiger charge is 2.30. The number of carboxylic acid groups (broad SMARTS) is 1. The van der Waals surface area contributed by atoms with Gasteiger partial charge in [-0.1, -0.05) is 0 Å². The zero-order chi connectivity index (χ0) is 11.1. The van der Waals surface area contributed by atoms with Gasteiger partial charge in [0.15, 0.2) is 5.65 Å². The Labute approximate surface area is 90.6 Å². The van der Waals surface area contributed by atoms with E-state index in [-0.39, 0.29) is 0 Å². The fourth-order valence-corrected chi connectivity index (χ4v) is 1.89. The number of pyridine rings is 1. The van der Waals surface area contributed by atoms with Crippen molar-refractivity contribution >= 4 is 27.7 Å². The van der Waals surface area contributed by atoms with Crippen LogP contribution in [-0.2, 0) is 10.2 Å². The van der Waals surface area contributed by atoms with Gasteiger partial charge in [0.25, 0.3) is 0 Å². The normalized spacial score (nSPS) is 11.9. The fraction of sp³-hybridized carbons (Fsp3) is 0.300. The van der Waals surface area contributed by atoms with Crippen molar-refractivity contribution in [2.75, 3.05) is 0 Å². The molecule has 15 heavy (non-hydrogen) atoms. The van der Waals surface area contributed by atoms with Crippen molar-refractivity contribution in [3.05, 3.63) is 23.3 Å². The van der Waals surface area contributed by atoms with Crippen LogP contribution in [0.2, 0.25) is 0 Å². The largest absolute Gasteiger partial charge is 0.481 e. The Morgan fingerprint density at radius 2 is 2.20 bits per heavy atom. The van der Waals surface area contributed by atoms with Crippen molar-refractivity contribution in [3.63, 3.8) is 0 Å². The Morgan fingerprint density at radius 3 is 2.87 bits per heavy atom. The number of aromatic nitrogens is 2. The van der Waals surface area contributed by atoms with Crippen LogP contribution in [0.4, 0.5) is 0 Å². The van der Waals surface area contributed by atoms with Gasteiger partial charge >= 0.3 is 5.97 Å². The minimum Gasteiger partial charge on any atom is -0.481 e. The second kappa shape index (κ2) is 3.27. The third-order valence-electron chi connectivity index (χ3n) is 2.44. The molecular weight excluding hydrogens is 212 g/mol. The zero-order valence-corrected chi connectivity index (χ0v) is 9.21. The number of thiazole rings is 1. The average Bonchev–Trinajstić information content (AvgIpc) is 2.63. The van der Waals surface area contributed by atoms with Crippen LogP contribution in [0.1, 0.15) is 19.4 Å². The predicted octanol–water partition coefficient (Wildman–Crippen LogP) is 2.05. The van der Waals surface area contributed by atoms with Gasteiger partial charge in [-0.25, -0.2) is 9.97 Å². The lowest BCUT2D eigenvalue weighted by Gasteiger charge is -2.18. The average molecular weight is 222 g/mol. The molecule has 0 fully saturated rings. The van der Waals surface area contributed by atoms with Crippen molar-refractivity contribution in [1.29, 1.82) is 0 Å². The van der Waals surface area contributed by atoms with Crippen LogP contribution in [0.25, 0.3) is 10.3 Å². The first-order chi connectivity index (χ1) is 7.01. The second-order valence-corrected chi connectivity index (χ2v) is 4.71. The van der Waals surface area contributed by atoms with E-state index in [4.69, 9.17) is 5.11 Å². The van der Waals surface area contributed by atoms with Gasteiger partial charge in [0.05, 0.1) is 15.6 Å². The van der Waals surface area contributed by atoms with Crippen LogP contribution < -0.4 is 0 Å². The Kier molecular flexibility index (Phi) is 2.19. The minimum atomic E-state index is -0.912. The number of carbonyl (C=O) groups is 1. The molecule has 2 aromatic rings. The highest BCUT2D eigenvalue weighted by atomic mass is 32.1. The summed E-state index contributed by atoms with van der Waals surface area (Å²) in [5.41, 5.74) is 2.16. The maximum atomic E-state index is 11.1. The van der Waals surface area contributed by atoms with Gasteiger partial charge in [-0.2, -0.15) is 0 Å². The van der Waals surface area contributed by atoms with Gasteiger partial charge in [-0.15, -0.1) is 11.3 Å². The Hall–Kier alpha value is -1.49. The number of carboxylic acids is 1. The first-order valence-electron chi connectivity index (χ1n) is 4.45. The predicted molar refractivity (Wildman–Crippen MR) is 58.1 cm³/mol. The third kappa shape index (κ3) is 1.59. The molecule has 0 atom stereocenters. The third-order valence-corrected chi connectivity index (χ3v) is 3.21. The lowest BCUT2D eigenvalue weighted by molar-refractivity contribution is -0.142. The van der Waals surface area contributed by atoms with Gasteiger partial charge in [0, 0.05) is 6.20 Å². The van der Waals surface area contributed by atoms with Crippen molar-refractivity contribution in [3.8, 4) is 0 Å². The SMILES string of the molecule is CC(C)(C(=O)O)c1cnc2ncsc2c1. The fourth-order valence-electron chi connectivity index (χ4n) is 1.22. The molecule has 0 aliphatic rings. The maximum absolute atomic E-state index is 11.1. The molecule has 0 bridgehead atoms. The Bertz CT molecular complexity index is 519. The van der Waals surface area contributed by atoms with E-state index in [0.29, 0.717) is 11.2 Å². The van der Waals surface area contributed by atoms with Gasteiger partial charge in [0.2, 0.25) is 0 Å². The molecule has 2 aromatic heterocycles. The quantitative estimate of drug-likeness (QED) is 0.844. The summed E-state index contributed by atoms with van der Waals surface area (Å²) in [6.07, 6.45) is 1.58. The van der Waals surface area contributed by atoms with E-state index in [2.05, 4.69) is 9.97 Å². The van der Waals surface area contributed by atoms with Crippen LogP contribution >= 0.6 is 11.3 Å². The van der Waals surface area contributed by atoms with E-state index < -0.39 is 11.4 Å². The number of nitrogens with zero attached hydrogens (tertiary/aromatic N) is 2. The zero-order valence-electron chi connectivity index (χ0n) is 8.39. The summed E-state index contributed by atoms with van der Waals surface area (Å²) in [5.74, 6) is -0.854. The van der Waals surface area contributed by atoms with Crippen LogP contribution in [0.3, 0.4) is 0 Å². The van der Waals surface area contributed by atoms with E-state index in [0.717, 1.165) is 4.70 Å². The summed E-state index contributed by atoms with van der Waals surface area (Å²) >= 11 is 1.46. The van der Waals surface area contributed by atoms with Crippen LogP contribution in [0, 0.1) is 0 Å². The molecule has 0 amide bonds. The van der Waals surface area contributed by atoms with E-state index in [1.165, 1.54) is 11.3 Å². The smallest absolute Gasteiger partial charge is 0.313 e. The summed E-state index contributed by atoms with van der Waals surface area (Å²) < 4.78 is 0.918. The molecular formula is C10H10N2O2S. The molecule has 0 spiro atoms. The molecule has 0 saturated heterocycles. The Morgan fingerprint density at radius 1 is 1.47 bits per heavy atom. The summed E-state index contributed by atoms with van der Waals surface area (Å²) in [7, 11) is 0. The van der Waals surface area contributed by atoms with Crippen LogP contribution in [-0.4, -0.2) is 21.0 Å². The molecule has 0 radical (unpaired) electrons. The lowest BCUT2D eigenvalue weighted by atomic mass is 9.86. The summed E-state index contributed by atoms with van der Waals surface area (Å²) in [6.45, 7) is 3.33. The van der Waals surface area contributed by atoms with Crippen LogP contribution in [0.5, 0.6) is 0 Å². The Balaban J connectivity index is 2.57. The molecule has 0 aliphatic carbocycles. The molecule has 0 aromatic carbocycles. The van der Waals surface area contributed by atoms with E-state index in [1.807, 2.05) is 6.07 Å². The van der Waals surface area contributed by atoms with Gasteiger partial charge in [0.1, 0.15) is 0 Å². The first kappa shape index (κ1) is 10.0. The van der Waals surface area contributed by atoms with Crippen molar-refractivity contribution in [2.45, 2.75) is 19.3 Å². The summed E-state index contributed by atoms with van der Waals surface area (Å²) in [5, 5.41) is 9.08. The number of hydrogen-bond acceptors (Lipinski definition) is 4. The van der Waals surface area contributed by atoms with Crippen molar-refractivity contribution in [1.82, 2.24) is 9.97 Å². The summed E-state index contributed by atoms with van der Waals surface area (Å²) in [6, 6.07) is 1.84. The summed E-state index contributed by atoms with van der Waals surface area (Å²) in [4.78, 5) is 19.2. The van der Waals surface area contributed by atoms with Crippen molar-refractivity contribution in [2.24, 2.45) is 0 Å². The van der Waals surface area contributed by atoms with E-state index in [1.54, 1.807) is 25.6 Å². The van der Waals surface area contributed by atoms with Gasteiger partial charge in [-0.3, -0.25) is 4.79 Å². The minimum absolute atomic E-state index is 0.671. The molecule has 4 nitrogen and oxygen atoms in total.